The van der Waals surface area contributed by atoms with Crippen LogP contribution in [0.5, 0.6) is 0 Å². The lowest BCUT2D eigenvalue weighted by atomic mass is 10.1. The van der Waals surface area contributed by atoms with Gasteiger partial charge in [0.05, 0.1) is 12.8 Å². The third-order valence-corrected chi connectivity index (χ3v) is 3.38. The molecule has 1 heterocycles. The monoisotopic (exact) mass is 367 g/mol. The second-order valence-electron chi connectivity index (χ2n) is 5.37. The van der Waals surface area contributed by atoms with Crippen LogP contribution in [0.3, 0.4) is 0 Å². The number of nitrogens with one attached hydrogen (secondary N) is 4. The zero-order valence-corrected chi connectivity index (χ0v) is 14.3. The Labute approximate surface area is 148 Å². The van der Waals surface area contributed by atoms with Crippen LogP contribution in [0, 0.1) is 18.6 Å². The van der Waals surface area contributed by atoms with Crippen molar-refractivity contribution in [1.29, 1.82) is 0 Å². The van der Waals surface area contributed by atoms with E-state index in [1.165, 1.54) is 13.2 Å². The number of aromatic nitrogens is 2. The van der Waals surface area contributed by atoms with Gasteiger partial charge in [0, 0.05) is 24.8 Å². The van der Waals surface area contributed by atoms with Gasteiger partial charge in [0.1, 0.15) is 11.4 Å². The summed E-state index contributed by atoms with van der Waals surface area (Å²) in [6.45, 7) is 2.14. The number of hydrogen-bond donors (Lipinski definition) is 4. The Balaban J connectivity index is 2.00. The standard InChI is InChI=1S/C16H19F2N5O3/c1-9-8-12(23-22-9)21-11-5-4-10(17)13(14(11)18)15(24)19-6-3-7-20-16(25)26-2/h4-5,8H,3,6-7H2,1-2H3,(H,19,24)(H,20,25)(H2,21,22,23). The molecule has 0 bridgehead atoms. The number of ether oxygens (including phenoxy) is 1. The molecule has 0 unspecified atom stereocenters. The van der Waals surface area contributed by atoms with Crippen molar-refractivity contribution in [3.8, 4) is 0 Å². The minimum Gasteiger partial charge on any atom is -0.453 e. The number of anilines is 2. The second-order valence-corrected chi connectivity index (χ2v) is 5.37. The van der Waals surface area contributed by atoms with Crippen LogP contribution in [0.2, 0.25) is 0 Å². The number of halogens is 2. The largest absolute Gasteiger partial charge is 0.453 e. The summed E-state index contributed by atoms with van der Waals surface area (Å²) >= 11 is 0. The number of methoxy groups -OCH3 is 1. The first-order valence-corrected chi connectivity index (χ1v) is 7.79. The highest BCUT2D eigenvalue weighted by molar-refractivity contribution is 5.96. The van der Waals surface area contributed by atoms with Gasteiger partial charge >= 0.3 is 6.09 Å². The molecule has 1 aromatic heterocycles. The smallest absolute Gasteiger partial charge is 0.406 e. The van der Waals surface area contributed by atoms with Gasteiger partial charge in [0.2, 0.25) is 0 Å². The molecule has 0 aliphatic heterocycles. The molecule has 0 aliphatic carbocycles. The van der Waals surface area contributed by atoms with Crippen molar-refractivity contribution in [2.45, 2.75) is 13.3 Å². The van der Waals surface area contributed by atoms with E-state index < -0.39 is 29.2 Å². The zero-order valence-electron chi connectivity index (χ0n) is 14.3. The third-order valence-electron chi connectivity index (χ3n) is 3.38. The van der Waals surface area contributed by atoms with E-state index in [4.69, 9.17) is 0 Å². The predicted octanol–water partition coefficient (Wildman–Crippen LogP) is 2.22. The minimum absolute atomic E-state index is 0.0737. The maximum absolute atomic E-state index is 14.5. The van der Waals surface area contributed by atoms with E-state index in [0.29, 0.717) is 12.2 Å². The topological polar surface area (TPSA) is 108 Å². The molecule has 0 aliphatic rings. The first kappa shape index (κ1) is 19.2. The fourth-order valence-electron chi connectivity index (χ4n) is 2.12. The molecule has 140 valence electrons. The number of carbonyl (C=O) groups excluding carboxylic acids is 2. The first-order valence-electron chi connectivity index (χ1n) is 7.79. The lowest BCUT2D eigenvalue weighted by Crippen LogP contribution is -2.30. The molecule has 10 heteroatoms. The van der Waals surface area contributed by atoms with Gasteiger partial charge in [-0.2, -0.15) is 5.10 Å². The van der Waals surface area contributed by atoms with E-state index in [0.717, 1.165) is 11.8 Å². The van der Waals surface area contributed by atoms with Gasteiger partial charge in [-0.1, -0.05) is 0 Å². The average Bonchev–Trinajstić information content (AvgIpc) is 3.02. The second kappa shape index (κ2) is 8.79. The molecule has 1 aromatic carbocycles. The maximum Gasteiger partial charge on any atom is 0.406 e. The lowest BCUT2D eigenvalue weighted by Gasteiger charge is -2.11. The molecule has 0 saturated heterocycles. The molecular weight excluding hydrogens is 348 g/mol. The summed E-state index contributed by atoms with van der Waals surface area (Å²) in [6.07, 6.45) is -0.227. The summed E-state index contributed by atoms with van der Waals surface area (Å²) in [5, 5.41) is 14.1. The van der Waals surface area contributed by atoms with Crippen LogP contribution in [0.25, 0.3) is 0 Å². The number of aryl methyl sites for hydroxylation is 1. The molecule has 4 N–H and O–H groups in total. The van der Waals surface area contributed by atoms with Gasteiger partial charge in [0.25, 0.3) is 5.91 Å². The van der Waals surface area contributed by atoms with Gasteiger partial charge in [-0.15, -0.1) is 0 Å². The summed E-state index contributed by atoms with van der Waals surface area (Å²) in [7, 11) is 1.23. The molecule has 0 atom stereocenters. The summed E-state index contributed by atoms with van der Waals surface area (Å²) in [4.78, 5) is 23.0. The van der Waals surface area contributed by atoms with Crippen LogP contribution >= 0.6 is 0 Å². The van der Waals surface area contributed by atoms with Gasteiger partial charge < -0.3 is 20.7 Å². The van der Waals surface area contributed by atoms with E-state index in [1.807, 2.05) is 0 Å². The number of benzene rings is 1. The van der Waals surface area contributed by atoms with Crippen LogP contribution < -0.4 is 16.0 Å². The molecule has 26 heavy (non-hydrogen) atoms. The Morgan fingerprint density at radius 1 is 1.23 bits per heavy atom. The molecule has 0 radical (unpaired) electrons. The Morgan fingerprint density at radius 3 is 2.62 bits per heavy atom. The van der Waals surface area contributed by atoms with Crippen LogP contribution in [-0.2, 0) is 4.74 Å². The quantitative estimate of drug-likeness (QED) is 0.561. The van der Waals surface area contributed by atoms with Crippen molar-refractivity contribution >= 4 is 23.5 Å². The van der Waals surface area contributed by atoms with E-state index in [9.17, 15) is 18.4 Å². The fraction of sp³-hybridized carbons (Fsp3) is 0.312. The number of H-pyrrole nitrogens is 1. The highest BCUT2D eigenvalue weighted by Crippen LogP contribution is 2.24. The molecule has 0 spiro atoms. The number of carbonyl (C=O) groups is 2. The molecular formula is C16H19F2N5O3. The van der Waals surface area contributed by atoms with Crippen molar-refractivity contribution in [2.75, 3.05) is 25.5 Å². The van der Waals surface area contributed by atoms with E-state index >= 15 is 0 Å². The summed E-state index contributed by atoms with van der Waals surface area (Å²) in [6, 6.07) is 3.82. The Morgan fingerprint density at radius 2 is 1.96 bits per heavy atom. The van der Waals surface area contributed by atoms with Crippen LogP contribution in [0.4, 0.5) is 25.1 Å². The van der Waals surface area contributed by atoms with E-state index in [-0.39, 0.29) is 18.8 Å². The predicted molar refractivity (Wildman–Crippen MR) is 90.3 cm³/mol. The SMILES string of the molecule is COC(=O)NCCCNC(=O)c1c(F)ccc(Nc2cc(C)[nH]n2)c1F. The van der Waals surface area contributed by atoms with Gasteiger partial charge in [0.15, 0.2) is 11.6 Å². The number of rotatable bonds is 7. The van der Waals surface area contributed by atoms with Gasteiger partial charge in [-0.3, -0.25) is 9.89 Å². The molecule has 0 fully saturated rings. The maximum atomic E-state index is 14.5. The van der Waals surface area contributed by atoms with Crippen LogP contribution in [0.15, 0.2) is 18.2 Å². The molecule has 2 aromatic rings. The molecule has 8 nitrogen and oxygen atoms in total. The number of alkyl carbamates (subject to hydrolysis) is 1. The Bertz CT molecular complexity index is 794. The summed E-state index contributed by atoms with van der Waals surface area (Å²) < 4.78 is 32.8. The zero-order chi connectivity index (χ0) is 19.1. The number of amides is 2. The Kier molecular flexibility index (Phi) is 6.48. The number of aromatic amines is 1. The van der Waals surface area contributed by atoms with Gasteiger partial charge in [-0.25, -0.2) is 13.6 Å². The normalized spacial score (nSPS) is 10.3. The third kappa shape index (κ3) is 4.91. The van der Waals surface area contributed by atoms with E-state index in [1.54, 1.807) is 13.0 Å². The van der Waals surface area contributed by atoms with Crippen molar-refractivity contribution in [2.24, 2.45) is 0 Å². The molecule has 2 amide bonds. The average molecular weight is 367 g/mol. The van der Waals surface area contributed by atoms with Crippen LogP contribution in [0.1, 0.15) is 22.5 Å². The highest BCUT2D eigenvalue weighted by atomic mass is 19.1. The van der Waals surface area contributed by atoms with Crippen molar-refractivity contribution < 1.29 is 23.1 Å². The highest BCUT2D eigenvalue weighted by Gasteiger charge is 2.20. The molecule has 2 rings (SSSR count). The lowest BCUT2D eigenvalue weighted by molar-refractivity contribution is 0.0945. The summed E-state index contributed by atoms with van der Waals surface area (Å²) in [5.74, 6) is -2.54. The van der Waals surface area contributed by atoms with Crippen LogP contribution in [-0.4, -0.2) is 42.4 Å². The number of hydrogen-bond acceptors (Lipinski definition) is 5. The van der Waals surface area contributed by atoms with Gasteiger partial charge in [-0.05, 0) is 25.5 Å². The molecule has 0 saturated carbocycles. The first-order chi connectivity index (χ1) is 12.4. The number of nitrogens with zero attached hydrogens (tertiary/aromatic N) is 1. The fourth-order valence-corrected chi connectivity index (χ4v) is 2.12. The van der Waals surface area contributed by atoms with Crippen molar-refractivity contribution in [1.82, 2.24) is 20.8 Å². The van der Waals surface area contributed by atoms with Crippen molar-refractivity contribution in [3.05, 3.63) is 41.1 Å². The van der Waals surface area contributed by atoms with Crippen molar-refractivity contribution in [3.63, 3.8) is 0 Å². The summed E-state index contributed by atoms with van der Waals surface area (Å²) in [5.41, 5.74) is -0.00727. The minimum atomic E-state index is -1.02. The Hall–Kier alpha value is -3.17. The van der Waals surface area contributed by atoms with E-state index in [2.05, 4.69) is 30.9 Å².